The van der Waals surface area contributed by atoms with Gasteiger partial charge in [0.15, 0.2) is 5.17 Å². The summed E-state index contributed by atoms with van der Waals surface area (Å²) in [5.41, 5.74) is 2.47. The van der Waals surface area contributed by atoms with Gasteiger partial charge in [0.2, 0.25) is 0 Å². The van der Waals surface area contributed by atoms with Crippen LogP contribution in [0.25, 0.3) is 6.08 Å². The number of nitrogens with one attached hydrogen (secondary N) is 1. The molecule has 1 saturated heterocycles. The van der Waals surface area contributed by atoms with Gasteiger partial charge in [0.1, 0.15) is 5.75 Å². The molecule has 0 unspecified atom stereocenters. The van der Waals surface area contributed by atoms with E-state index >= 15 is 0 Å². The van der Waals surface area contributed by atoms with E-state index in [1.165, 1.54) is 11.8 Å². The van der Waals surface area contributed by atoms with Crippen molar-refractivity contribution in [2.75, 3.05) is 0 Å². The maximum absolute atomic E-state index is 12.1. The second-order valence-corrected chi connectivity index (χ2v) is 7.94. The first-order valence-corrected chi connectivity index (χ1v) is 9.37. The third-order valence-electron chi connectivity index (χ3n) is 3.26. The van der Waals surface area contributed by atoms with Crippen LogP contribution in [0, 0.1) is 6.92 Å². The number of benzene rings is 2. The smallest absolute Gasteiger partial charge is 0.264 e. The van der Waals surface area contributed by atoms with Crippen LogP contribution in [0.3, 0.4) is 0 Å². The number of hydrogen-bond donors (Lipinski definition) is 2. The lowest BCUT2D eigenvalue weighted by Gasteiger charge is -2.03. The van der Waals surface area contributed by atoms with Crippen molar-refractivity contribution < 1.29 is 9.90 Å². The maximum atomic E-state index is 12.1. The van der Waals surface area contributed by atoms with Crippen LogP contribution in [-0.2, 0) is 4.79 Å². The molecule has 2 N–H and O–H groups in total. The minimum atomic E-state index is -0.235. The Balaban J connectivity index is 1.89. The molecule has 7 heteroatoms. The lowest BCUT2D eigenvalue weighted by Crippen LogP contribution is -2.19. The highest BCUT2D eigenvalue weighted by molar-refractivity contribution is 9.11. The molecule has 2 aromatic rings. The van der Waals surface area contributed by atoms with Crippen LogP contribution in [0.5, 0.6) is 5.75 Å². The van der Waals surface area contributed by atoms with Gasteiger partial charge < -0.3 is 10.4 Å². The van der Waals surface area contributed by atoms with Gasteiger partial charge in [-0.3, -0.25) is 4.79 Å². The van der Waals surface area contributed by atoms with Crippen LogP contribution in [0.4, 0.5) is 5.69 Å². The quantitative estimate of drug-likeness (QED) is 0.602. The molecular formula is C17H12Br2N2O2S. The van der Waals surface area contributed by atoms with Crippen LogP contribution in [0.2, 0.25) is 0 Å². The molecule has 0 spiro atoms. The normalized spacial score (nSPS) is 17.5. The molecule has 0 aromatic heterocycles. The number of carbonyl (C=O) groups is 1. The summed E-state index contributed by atoms with van der Waals surface area (Å²) < 4.78 is 1.36. The van der Waals surface area contributed by atoms with Gasteiger partial charge >= 0.3 is 0 Å². The van der Waals surface area contributed by atoms with Gasteiger partial charge in [-0.2, -0.15) is 0 Å². The maximum Gasteiger partial charge on any atom is 0.264 e. The highest BCUT2D eigenvalue weighted by Gasteiger charge is 2.24. The highest BCUT2D eigenvalue weighted by atomic mass is 79.9. The van der Waals surface area contributed by atoms with E-state index in [-0.39, 0.29) is 11.7 Å². The summed E-state index contributed by atoms with van der Waals surface area (Å²) in [7, 11) is 0. The Hall–Kier alpha value is -1.57. The Labute approximate surface area is 160 Å². The molecule has 24 heavy (non-hydrogen) atoms. The molecule has 0 saturated carbocycles. The second kappa shape index (κ2) is 7.13. The molecule has 4 nitrogen and oxygen atoms in total. The van der Waals surface area contributed by atoms with Gasteiger partial charge in [-0.15, -0.1) is 0 Å². The molecule has 1 aliphatic rings. The van der Waals surface area contributed by atoms with Crippen LogP contribution in [0.15, 0.2) is 55.2 Å². The first-order chi connectivity index (χ1) is 11.4. The summed E-state index contributed by atoms with van der Waals surface area (Å²) in [5, 5.41) is 13.4. The van der Waals surface area contributed by atoms with E-state index in [9.17, 15) is 9.90 Å². The molecule has 122 valence electrons. The van der Waals surface area contributed by atoms with Crippen molar-refractivity contribution in [3.63, 3.8) is 0 Å². The van der Waals surface area contributed by atoms with Crippen LogP contribution in [-0.4, -0.2) is 16.2 Å². The number of aryl methyl sites for hydroxylation is 1. The lowest BCUT2D eigenvalue weighted by molar-refractivity contribution is -0.115. The van der Waals surface area contributed by atoms with Crippen molar-refractivity contribution in [2.24, 2.45) is 4.99 Å². The third kappa shape index (κ3) is 3.91. The Morgan fingerprint density at radius 2 is 1.92 bits per heavy atom. The number of thioether (sulfide) groups is 1. The summed E-state index contributed by atoms with van der Waals surface area (Å²) in [6, 6.07) is 11.2. The van der Waals surface area contributed by atoms with E-state index in [0.29, 0.717) is 20.1 Å². The van der Waals surface area contributed by atoms with Gasteiger partial charge in [0, 0.05) is 10.0 Å². The molecule has 0 atom stereocenters. The SMILES string of the molecule is Cc1ccc(N=C2NC(=O)/C(=C/c3cc(Br)cc(Br)c3O)S2)cc1. The van der Waals surface area contributed by atoms with Crippen LogP contribution < -0.4 is 5.32 Å². The molecule has 1 aliphatic heterocycles. The Morgan fingerprint density at radius 3 is 2.62 bits per heavy atom. The standard InChI is InChI=1S/C17H12Br2N2O2S/c1-9-2-4-12(5-3-9)20-17-21-16(23)14(24-17)7-10-6-11(18)8-13(19)15(10)22/h2-8,22H,1H3,(H,20,21,23)/b14-7-. The van der Waals surface area contributed by atoms with E-state index in [4.69, 9.17) is 0 Å². The minimum absolute atomic E-state index is 0.0861. The van der Waals surface area contributed by atoms with Crippen LogP contribution >= 0.6 is 43.6 Å². The molecule has 3 rings (SSSR count). The molecule has 1 amide bonds. The third-order valence-corrected chi connectivity index (χ3v) is 5.23. The first kappa shape index (κ1) is 17.3. The van der Waals surface area contributed by atoms with E-state index in [2.05, 4.69) is 42.2 Å². The van der Waals surface area contributed by atoms with E-state index in [0.717, 1.165) is 15.7 Å². The topological polar surface area (TPSA) is 61.7 Å². The van der Waals surface area contributed by atoms with Crippen molar-refractivity contribution in [3.8, 4) is 5.75 Å². The van der Waals surface area contributed by atoms with E-state index in [1.807, 2.05) is 31.2 Å². The number of aliphatic imine (C=N–C) groups is 1. The lowest BCUT2D eigenvalue weighted by atomic mass is 10.2. The fraction of sp³-hybridized carbons (Fsp3) is 0.0588. The summed E-state index contributed by atoms with van der Waals surface area (Å²) in [4.78, 5) is 17.0. The average Bonchev–Trinajstić information content (AvgIpc) is 2.86. The predicted octanol–water partition coefficient (Wildman–Crippen LogP) is 5.12. The number of phenolic OH excluding ortho intramolecular Hbond substituents is 1. The fourth-order valence-electron chi connectivity index (χ4n) is 2.05. The molecule has 2 aromatic carbocycles. The van der Waals surface area contributed by atoms with Gasteiger partial charge in [0.05, 0.1) is 15.1 Å². The predicted molar refractivity (Wildman–Crippen MR) is 105 cm³/mol. The Kier molecular flexibility index (Phi) is 5.12. The van der Waals surface area contributed by atoms with Gasteiger partial charge in [-0.1, -0.05) is 33.6 Å². The first-order valence-electron chi connectivity index (χ1n) is 6.96. The fourth-order valence-corrected chi connectivity index (χ4v) is 4.15. The van der Waals surface area contributed by atoms with Crippen LogP contribution in [0.1, 0.15) is 11.1 Å². The van der Waals surface area contributed by atoms with Crippen molar-refractivity contribution >= 4 is 66.5 Å². The number of amides is 1. The number of phenols is 1. The number of carbonyl (C=O) groups excluding carboxylic acids is 1. The van der Waals surface area contributed by atoms with E-state index in [1.54, 1.807) is 18.2 Å². The summed E-state index contributed by atoms with van der Waals surface area (Å²) in [5.74, 6) is -0.149. The summed E-state index contributed by atoms with van der Waals surface area (Å²) in [6.07, 6.45) is 1.64. The van der Waals surface area contributed by atoms with Gasteiger partial charge in [0.25, 0.3) is 5.91 Å². The molecule has 1 fully saturated rings. The van der Waals surface area contributed by atoms with Crippen molar-refractivity contribution in [1.82, 2.24) is 5.32 Å². The number of halogens is 2. The van der Waals surface area contributed by atoms with Crippen molar-refractivity contribution in [3.05, 3.63) is 61.4 Å². The van der Waals surface area contributed by atoms with Gasteiger partial charge in [-0.25, -0.2) is 4.99 Å². The molecular weight excluding hydrogens is 456 g/mol. The highest BCUT2D eigenvalue weighted by Crippen LogP contribution is 2.35. The summed E-state index contributed by atoms with van der Waals surface area (Å²) in [6.45, 7) is 2.01. The Morgan fingerprint density at radius 1 is 1.21 bits per heavy atom. The molecule has 1 heterocycles. The number of amidine groups is 1. The second-order valence-electron chi connectivity index (χ2n) is 5.14. The number of nitrogens with zero attached hydrogens (tertiary/aromatic N) is 1. The van der Waals surface area contributed by atoms with Crippen molar-refractivity contribution in [2.45, 2.75) is 6.92 Å². The largest absolute Gasteiger partial charge is 0.506 e. The van der Waals surface area contributed by atoms with Gasteiger partial charge in [-0.05, 0) is 65.0 Å². The van der Waals surface area contributed by atoms with Crippen molar-refractivity contribution in [1.29, 1.82) is 0 Å². The minimum Gasteiger partial charge on any atom is -0.506 e. The number of rotatable bonds is 2. The molecule has 0 aliphatic carbocycles. The zero-order chi connectivity index (χ0) is 17.3. The zero-order valence-electron chi connectivity index (χ0n) is 12.5. The van der Waals surface area contributed by atoms with E-state index < -0.39 is 0 Å². The Bertz CT molecular complexity index is 877. The monoisotopic (exact) mass is 466 g/mol. The number of hydrogen-bond acceptors (Lipinski definition) is 4. The average molecular weight is 468 g/mol. The summed E-state index contributed by atoms with van der Waals surface area (Å²) >= 11 is 7.90. The molecule has 0 bridgehead atoms. The molecule has 0 radical (unpaired) electrons. The number of aromatic hydroxyl groups is 1. The zero-order valence-corrected chi connectivity index (χ0v) is 16.5.